The minimum atomic E-state index is -4.55. The lowest BCUT2D eigenvalue weighted by Crippen LogP contribution is -2.45. The van der Waals surface area contributed by atoms with Gasteiger partial charge in [-0.1, -0.05) is 0 Å². The first-order valence-electron chi connectivity index (χ1n) is 6.98. The van der Waals surface area contributed by atoms with E-state index in [1.165, 1.54) is 0 Å². The second-order valence-corrected chi connectivity index (χ2v) is 6.79. The Morgan fingerprint density at radius 2 is 1.81 bits per heavy atom. The molecule has 0 spiro atoms. The van der Waals surface area contributed by atoms with Gasteiger partial charge in [0.1, 0.15) is 6.54 Å². The fraction of sp³-hybridized carbons (Fsp3) is 1.00. The van der Waals surface area contributed by atoms with Gasteiger partial charge < -0.3 is 10.6 Å². The molecule has 1 aliphatic rings. The molecule has 1 fully saturated rings. The molecule has 10 heteroatoms. The summed E-state index contributed by atoms with van der Waals surface area (Å²) < 4.78 is 62.7. The van der Waals surface area contributed by atoms with E-state index in [9.17, 15) is 21.6 Å². The van der Waals surface area contributed by atoms with E-state index in [1.807, 2.05) is 0 Å². The van der Waals surface area contributed by atoms with Crippen molar-refractivity contribution in [3.05, 3.63) is 0 Å². The second-order valence-electron chi connectivity index (χ2n) is 5.03. The van der Waals surface area contributed by atoms with Crippen molar-refractivity contribution in [3.63, 3.8) is 0 Å². The van der Waals surface area contributed by atoms with Crippen LogP contribution in [0.5, 0.6) is 0 Å². The molecule has 0 aromatic rings. The van der Waals surface area contributed by atoms with Crippen LogP contribution in [0.25, 0.3) is 0 Å². The molecule has 1 saturated heterocycles. The van der Waals surface area contributed by atoms with E-state index in [0.29, 0.717) is 19.5 Å². The molecular weight excluding hydrogens is 309 g/mol. The Bertz CT molecular complexity index is 403. The van der Waals surface area contributed by atoms with Gasteiger partial charge in [-0.05, 0) is 38.9 Å². The number of nitrogens with zero attached hydrogens (tertiary/aromatic N) is 2. The molecular formula is C11H23F3N4O2S. The van der Waals surface area contributed by atoms with E-state index in [4.69, 9.17) is 5.73 Å². The van der Waals surface area contributed by atoms with Gasteiger partial charge in [0, 0.05) is 19.6 Å². The molecule has 1 aliphatic heterocycles. The summed E-state index contributed by atoms with van der Waals surface area (Å²) in [5, 5.41) is 0. The molecule has 1 rings (SSSR count). The molecule has 0 aliphatic carbocycles. The van der Waals surface area contributed by atoms with Crippen molar-refractivity contribution in [1.29, 1.82) is 0 Å². The highest BCUT2D eigenvalue weighted by atomic mass is 32.2. The molecule has 6 nitrogen and oxygen atoms in total. The van der Waals surface area contributed by atoms with Crippen LogP contribution in [0.4, 0.5) is 13.2 Å². The van der Waals surface area contributed by atoms with Gasteiger partial charge in [-0.25, -0.2) is 0 Å². The van der Waals surface area contributed by atoms with Crippen LogP contribution in [0.2, 0.25) is 0 Å². The smallest absolute Gasteiger partial charge is 0.330 e. The highest BCUT2D eigenvalue weighted by Gasteiger charge is 2.32. The average molecular weight is 332 g/mol. The van der Waals surface area contributed by atoms with E-state index in [0.717, 1.165) is 30.2 Å². The van der Waals surface area contributed by atoms with Crippen LogP contribution >= 0.6 is 0 Å². The van der Waals surface area contributed by atoms with Crippen molar-refractivity contribution in [2.45, 2.75) is 25.4 Å². The molecule has 21 heavy (non-hydrogen) atoms. The molecule has 0 atom stereocenters. The quantitative estimate of drug-likeness (QED) is 0.650. The van der Waals surface area contributed by atoms with E-state index in [2.05, 4.69) is 4.90 Å². The molecule has 3 N–H and O–H groups in total. The largest absolute Gasteiger partial charge is 0.402 e. The molecule has 0 unspecified atom stereocenters. The Kier molecular flexibility index (Phi) is 7.34. The third kappa shape index (κ3) is 7.41. The molecule has 0 bridgehead atoms. The zero-order valence-electron chi connectivity index (χ0n) is 11.9. The molecule has 126 valence electrons. The monoisotopic (exact) mass is 332 g/mol. The number of nitrogens with one attached hydrogen (secondary N) is 1. The zero-order valence-corrected chi connectivity index (χ0v) is 12.7. The third-order valence-corrected chi connectivity index (χ3v) is 4.83. The summed E-state index contributed by atoms with van der Waals surface area (Å²) in [5.74, 6) is 0. The predicted octanol–water partition coefficient (Wildman–Crippen LogP) is 0.130. The minimum absolute atomic E-state index is 0.204. The van der Waals surface area contributed by atoms with Gasteiger partial charge in [-0.2, -0.15) is 30.6 Å². The van der Waals surface area contributed by atoms with Gasteiger partial charge in [0.25, 0.3) is 10.2 Å². The Balaban J connectivity index is 2.46. The van der Waals surface area contributed by atoms with E-state index >= 15 is 0 Å². The number of hydrogen-bond donors (Lipinski definition) is 2. The SMILES string of the molecule is NCCCCN1CCCN(S(=O)(=O)NCC(F)(F)F)CC1. The van der Waals surface area contributed by atoms with Crippen molar-refractivity contribution >= 4 is 10.2 Å². The topological polar surface area (TPSA) is 78.7 Å². The van der Waals surface area contributed by atoms with Crippen LogP contribution in [0.1, 0.15) is 19.3 Å². The summed E-state index contributed by atoms with van der Waals surface area (Å²) in [6, 6.07) is 0. The molecule has 0 saturated carbocycles. The lowest BCUT2D eigenvalue weighted by molar-refractivity contribution is -0.121. The summed E-state index contributed by atoms with van der Waals surface area (Å²) in [7, 11) is -4.07. The van der Waals surface area contributed by atoms with Gasteiger partial charge >= 0.3 is 6.18 Å². The van der Waals surface area contributed by atoms with Crippen LogP contribution in [0, 0.1) is 0 Å². The average Bonchev–Trinajstić information content (AvgIpc) is 2.62. The molecule has 0 aromatic carbocycles. The summed E-state index contributed by atoms with van der Waals surface area (Å²) in [6.07, 6.45) is -2.09. The van der Waals surface area contributed by atoms with Gasteiger partial charge in [-0.15, -0.1) is 0 Å². The minimum Gasteiger partial charge on any atom is -0.330 e. The normalized spacial score (nSPS) is 19.6. The van der Waals surface area contributed by atoms with Crippen LogP contribution in [0.15, 0.2) is 0 Å². The lowest BCUT2D eigenvalue weighted by atomic mass is 10.3. The maximum atomic E-state index is 12.1. The first-order valence-corrected chi connectivity index (χ1v) is 8.42. The summed E-state index contributed by atoms with van der Waals surface area (Å²) in [6.45, 7) is 1.63. The Labute approximate surface area is 123 Å². The van der Waals surface area contributed by atoms with Crippen LogP contribution < -0.4 is 10.5 Å². The van der Waals surface area contributed by atoms with Gasteiger partial charge in [0.2, 0.25) is 0 Å². The van der Waals surface area contributed by atoms with Crippen molar-refractivity contribution in [2.75, 3.05) is 45.8 Å². The maximum Gasteiger partial charge on any atom is 0.402 e. The first-order chi connectivity index (χ1) is 9.74. The number of alkyl halides is 3. The van der Waals surface area contributed by atoms with Crippen molar-refractivity contribution < 1.29 is 21.6 Å². The molecule has 0 amide bonds. The van der Waals surface area contributed by atoms with Crippen molar-refractivity contribution in [1.82, 2.24) is 13.9 Å². The first kappa shape index (κ1) is 18.6. The number of nitrogens with two attached hydrogens (primary N) is 1. The predicted molar refractivity (Wildman–Crippen MR) is 73.9 cm³/mol. The summed E-state index contributed by atoms with van der Waals surface area (Å²) in [5.41, 5.74) is 5.42. The van der Waals surface area contributed by atoms with E-state index in [-0.39, 0.29) is 13.1 Å². The molecule has 1 heterocycles. The number of rotatable bonds is 7. The lowest BCUT2D eigenvalue weighted by Gasteiger charge is -2.22. The summed E-state index contributed by atoms with van der Waals surface area (Å²) in [4.78, 5) is 2.12. The fourth-order valence-electron chi connectivity index (χ4n) is 2.16. The second kappa shape index (κ2) is 8.28. The summed E-state index contributed by atoms with van der Waals surface area (Å²) >= 11 is 0. The number of halogens is 3. The molecule has 0 aromatic heterocycles. The number of unbranched alkanes of at least 4 members (excludes halogenated alkanes) is 1. The van der Waals surface area contributed by atoms with Crippen molar-refractivity contribution in [3.8, 4) is 0 Å². The van der Waals surface area contributed by atoms with Gasteiger partial charge in [0.05, 0.1) is 0 Å². The Morgan fingerprint density at radius 1 is 1.10 bits per heavy atom. The van der Waals surface area contributed by atoms with Crippen LogP contribution in [0.3, 0.4) is 0 Å². The highest BCUT2D eigenvalue weighted by molar-refractivity contribution is 7.87. The zero-order chi connectivity index (χ0) is 15.9. The van der Waals surface area contributed by atoms with Gasteiger partial charge in [0.15, 0.2) is 0 Å². The van der Waals surface area contributed by atoms with E-state index in [1.54, 1.807) is 4.72 Å². The van der Waals surface area contributed by atoms with Gasteiger partial charge in [-0.3, -0.25) is 0 Å². The van der Waals surface area contributed by atoms with Crippen molar-refractivity contribution in [2.24, 2.45) is 5.73 Å². The maximum absolute atomic E-state index is 12.1. The fourth-order valence-corrected chi connectivity index (χ4v) is 3.38. The number of hydrogen-bond acceptors (Lipinski definition) is 4. The molecule has 0 radical (unpaired) electrons. The Hall–Kier alpha value is -0.420. The highest BCUT2D eigenvalue weighted by Crippen LogP contribution is 2.14. The third-order valence-electron chi connectivity index (χ3n) is 3.27. The standard InChI is InChI=1S/C11H23F3N4O2S/c12-11(13,14)10-16-21(19,20)18-7-3-6-17(8-9-18)5-2-1-4-15/h16H,1-10,15H2. The van der Waals surface area contributed by atoms with Crippen LogP contribution in [-0.2, 0) is 10.2 Å². The van der Waals surface area contributed by atoms with Crippen LogP contribution in [-0.4, -0.2) is 69.6 Å². The van der Waals surface area contributed by atoms with E-state index < -0.39 is 22.9 Å². The Morgan fingerprint density at radius 3 is 2.43 bits per heavy atom.